The van der Waals surface area contributed by atoms with Gasteiger partial charge in [-0.25, -0.2) is 4.98 Å². The maximum Gasteiger partial charge on any atom is 0.257 e. The normalized spacial score (nSPS) is 11.0. The van der Waals surface area contributed by atoms with E-state index in [0.717, 1.165) is 47.6 Å². The topological polar surface area (TPSA) is 83.6 Å². The quantitative estimate of drug-likeness (QED) is 0.372. The lowest BCUT2D eigenvalue weighted by Crippen LogP contribution is -2.17. The number of benzene rings is 2. The van der Waals surface area contributed by atoms with Crippen LogP contribution in [0.4, 0.5) is 0 Å². The van der Waals surface area contributed by atoms with Gasteiger partial charge in [-0.3, -0.25) is 14.8 Å². The predicted octanol–water partition coefficient (Wildman–Crippen LogP) is 4.38. The third-order valence-electron chi connectivity index (χ3n) is 5.57. The maximum atomic E-state index is 12.4. The fourth-order valence-corrected chi connectivity index (χ4v) is 3.86. The molecule has 0 fully saturated rings. The Labute approximate surface area is 191 Å². The largest absolute Gasteiger partial charge is 0.328 e. The van der Waals surface area contributed by atoms with Gasteiger partial charge in [-0.15, -0.1) is 0 Å². The van der Waals surface area contributed by atoms with Crippen LogP contribution in [0.15, 0.2) is 96.3 Å². The van der Waals surface area contributed by atoms with Crippen LogP contribution < -0.4 is 10.9 Å². The second-order valence-electron chi connectivity index (χ2n) is 7.81. The van der Waals surface area contributed by atoms with Crippen LogP contribution in [0.5, 0.6) is 0 Å². The van der Waals surface area contributed by atoms with Gasteiger partial charge in [0.25, 0.3) is 5.56 Å². The summed E-state index contributed by atoms with van der Waals surface area (Å²) in [5.41, 5.74) is 6.57. The Balaban J connectivity index is 1.40. The van der Waals surface area contributed by atoms with E-state index in [9.17, 15) is 4.79 Å². The van der Waals surface area contributed by atoms with Crippen LogP contribution in [-0.2, 0) is 13.0 Å². The average Bonchev–Trinajstić information content (AvgIpc) is 2.88. The molecular formula is C27H23N5O. The number of nitrogens with zero attached hydrogens (tertiary/aromatic N) is 3. The molecule has 3 aromatic heterocycles. The van der Waals surface area contributed by atoms with Crippen molar-refractivity contribution < 1.29 is 0 Å². The summed E-state index contributed by atoms with van der Waals surface area (Å²) in [5.74, 6) is 0. The maximum absolute atomic E-state index is 12.4. The molecule has 0 atom stereocenters. The van der Waals surface area contributed by atoms with Crippen LogP contribution in [0.1, 0.15) is 11.3 Å². The number of nitrogens with one attached hydrogen (secondary N) is 2. The molecule has 0 unspecified atom stereocenters. The molecule has 0 saturated carbocycles. The summed E-state index contributed by atoms with van der Waals surface area (Å²) in [4.78, 5) is 28.4. The summed E-state index contributed by atoms with van der Waals surface area (Å²) in [5, 5.41) is 4.04. The Hall–Kier alpha value is -4.16. The van der Waals surface area contributed by atoms with Gasteiger partial charge in [-0.05, 0) is 23.3 Å². The molecule has 0 aliphatic carbocycles. The molecule has 0 bridgehead atoms. The minimum Gasteiger partial charge on any atom is -0.328 e. The summed E-state index contributed by atoms with van der Waals surface area (Å²) in [6, 6.07) is 22.2. The Morgan fingerprint density at radius 2 is 1.76 bits per heavy atom. The lowest BCUT2D eigenvalue weighted by molar-refractivity contribution is 0.678. The van der Waals surface area contributed by atoms with Gasteiger partial charge in [0.15, 0.2) is 0 Å². The summed E-state index contributed by atoms with van der Waals surface area (Å²) < 4.78 is 0. The van der Waals surface area contributed by atoms with E-state index in [1.165, 1.54) is 5.56 Å². The Morgan fingerprint density at radius 3 is 2.55 bits per heavy atom. The van der Waals surface area contributed by atoms with Crippen molar-refractivity contribution in [1.29, 1.82) is 0 Å². The van der Waals surface area contributed by atoms with E-state index in [4.69, 9.17) is 4.98 Å². The first-order valence-electron chi connectivity index (χ1n) is 10.9. The summed E-state index contributed by atoms with van der Waals surface area (Å²) in [6.45, 7) is 1.60. The number of rotatable bonds is 7. The van der Waals surface area contributed by atoms with Crippen LogP contribution in [0.25, 0.3) is 33.3 Å². The monoisotopic (exact) mass is 433 g/mol. The molecule has 6 heteroatoms. The third kappa shape index (κ3) is 4.71. The van der Waals surface area contributed by atoms with Crippen molar-refractivity contribution in [3.63, 3.8) is 0 Å². The van der Waals surface area contributed by atoms with E-state index in [2.05, 4.69) is 44.5 Å². The van der Waals surface area contributed by atoms with Gasteiger partial charge in [0.05, 0.1) is 22.3 Å². The molecule has 0 radical (unpaired) electrons. The van der Waals surface area contributed by atoms with E-state index < -0.39 is 0 Å². The second-order valence-corrected chi connectivity index (χ2v) is 7.81. The second kappa shape index (κ2) is 9.54. The van der Waals surface area contributed by atoms with Crippen molar-refractivity contribution >= 4 is 10.9 Å². The number of hydrogen-bond acceptors (Lipinski definition) is 5. The highest BCUT2D eigenvalue weighted by molar-refractivity contribution is 5.91. The zero-order valence-corrected chi connectivity index (χ0v) is 18.0. The Kier molecular flexibility index (Phi) is 5.99. The van der Waals surface area contributed by atoms with E-state index in [1.807, 2.05) is 42.5 Å². The highest BCUT2D eigenvalue weighted by Gasteiger charge is 2.13. The highest BCUT2D eigenvalue weighted by Crippen LogP contribution is 2.32. The molecular weight excluding hydrogens is 410 g/mol. The smallest absolute Gasteiger partial charge is 0.257 e. The van der Waals surface area contributed by atoms with E-state index in [1.54, 1.807) is 24.8 Å². The zero-order valence-electron chi connectivity index (χ0n) is 18.0. The van der Waals surface area contributed by atoms with Crippen molar-refractivity contribution in [3.05, 3.63) is 113 Å². The van der Waals surface area contributed by atoms with Gasteiger partial charge >= 0.3 is 0 Å². The van der Waals surface area contributed by atoms with E-state index >= 15 is 0 Å². The SMILES string of the molecule is O=c1[nH]ccc2nc(-c3ccc(CNCCc4cnccn4)cc3)c(-c3ccccc3)cc12. The number of fused-ring (bicyclic) bond motifs is 1. The minimum atomic E-state index is -0.133. The van der Waals surface area contributed by atoms with Gasteiger partial charge in [0, 0.05) is 55.4 Å². The first-order chi connectivity index (χ1) is 16.3. The fourth-order valence-electron chi connectivity index (χ4n) is 3.86. The molecule has 0 saturated heterocycles. The zero-order chi connectivity index (χ0) is 22.5. The molecule has 3 heterocycles. The van der Waals surface area contributed by atoms with Crippen molar-refractivity contribution in [2.24, 2.45) is 0 Å². The number of aromatic amines is 1. The minimum absolute atomic E-state index is 0.133. The molecule has 5 aromatic rings. The number of hydrogen-bond donors (Lipinski definition) is 2. The third-order valence-corrected chi connectivity index (χ3v) is 5.57. The highest BCUT2D eigenvalue weighted by atomic mass is 16.1. The molecule has 6 nitrogen and oxygen atoms in total. The molecule has 33 heavy (non-hydrogen) atoms. The summed E-state index contributed by atoms with van der Waals surface area (Å²) in [7, 11) is 0. The van der Waals surface area contributed by atoms with Gasteiger partial charge in [-0.2, -0.15) is 0 Å². The standard InChI is InChI=1S/C27H23N5O/c33-27-24-16-23(20-4-2-1-3-5-20)26(32-25(24)11-13-31-27)21-8-6-19(7-9-21)17-28-12-10-22-18-29-14-15-30-22/h1-9,11,13-16,18,28H,10,12,17H2,(H,31,33). The Bertz CT molecular complexity index is 1410. The van der Waals surface area contributed by atoms with E-state index in [-0.39, 0.29) is 5.56 Å². The van der Waals surface area contributed by atoms with Crippen LogP contribution in [0, 0.1) is 0 Å². The lowest BCUT2D eigenvalue weighted by atomic mass is 9.97. The van der Waals surface area contributed by atoms with E-state index in [0.29, 0.717) is 10.9 Å². The van der Waals surface area contributed by atoms with Gasteiger partial charge < -0.3 is 10.3 Å². The number of pyridine rings is 2. The fraction of sp³-hybridized carbons (Fsp3) is 0.111. The first kappa shape index (κ1) is 20.7. The number of aromatic nitrogens is 4. The molecule has 2 N–H and O–H groups in total. The van der Waals surface area contributed by atoms with Gasteiger partial charge in [0.2, 0.25) is 0 Å². The van der Waals surface area contributed by atoms with Crippen LogP contribution in [0.3, 0.4) is 0 Å². The average molecular weight is 434 g/mol. The predicted molar refractivity (Wildman–Crippen MR) is 131 cm³/mol. The molecule has 0 aliphatic heterocycles. The molecule has 0 aliphatic rings. The number of H-pyrrole nitrogens is 1. The van der Waals surface area contributed by atoms with Crippen molar-refractivity contribution in [3.8, 4) is 22.4 Å². The summed E-state index contributed by atoms with van der Waals surface area (Å²) >= 11 is 0. The molecule has 0 spiro atoms. The molecule has 0 amide bonds. The lowest BCUT2D eigenvalue weighted by Gasteiger charge is -2.12. The Morgan fingerprint density at radius 1 is 0.909 bits per heavy atom. The summed E-state index contributed by atoms with van der Waals surface area (Å²) in [6.07, 6.45) is 7.68. The molecule has 2 aromatic carbocycles. The van der Waals surface area contributed by atoms with Gasteiger partial charge in [-0.1, -0.05) is 54.6 Å². The van der Waals surface area contributed by atoms with Crippen molar-refractivity contribution in [2.45, 2.75) is 13.0 Å². The molecule has 162 valence electrons. The molecule has 5 rings (SSSR count). The van der Waals surface area contributed by atoms with Crippen LogP contribution >= 0.6 is 0 Å². The van der Waals surface area contributed by atoms with Crippen LogP contribution in [0.2, 0.25) is 0 Å². The van der Waals surface area contributed by atoms with Crippen molar-refractivity contribution in [1.82, 2.24) is 25.3 Å². The first-order valence-corrected chi connectivity index (χ1v) is 10.9. The van der Waals surface area contributed by atoms with Crippen LogP contribution in [-0.4, -0.2) is 26.5 Å². The van der Waals surface area contributed by atoms with Gasteiger partial charge in [0.1, 0.15) is 0 Å². The van der Waals surface area contributed by atoms with Crippen molar-refractivity contribution in [2.75, 3.05) is 6.54 Å².